The lowest BCUT2D eigenvalue weighted by Crippen LogP contribution is -2.34. The van der Waals surface area contributed by atoms with Gasteiger partial charge in [-0.25, -0.2) is 8.42 Å². The molecule has 128 valence electrons. The molecule has 0 radical (unpaired) electrons. The van der Waals surface area contributed by atoms with E-state index < -0.39 is 14.9 Å². The molecule has 24 heavy (non-hydrogen) atoms. The molecule has 0 aliphatic heterocycles. The Bertz CT molecular complexity index is 830. The van der Waals surface area contributed by atoms with Gasteiger partial charge in [-0.1, -0.05) is 32.0 Å². The molecule has 0 saturated carbocycles. The first kappa shape index (κ1) is 17.9. The summed E-state index contributed by atoms with van der Waals surface area (Å²) in [5.74, 6) is 0.123. The van der Waals surface area contributed by atoms with Crippen LogP contribution in [0.2, 0.25) is 0 Å². The summed E-state index contributed by atoms with van der Waals surface area (Å²) in [5, 5.41) is 10.8. The van der Waals surface area contributed by atoms with E-state index in [4.69, 9.17) is 0 Å². The van der Waals surface area contributed by atoms with E-state index in [1.807, 2.05) is 32.9 Å². The Morgan fingerprint density at radius 1 is 1.08 bits per heavy atom. The fraction of sp³-hybridized carbons (Fsp3) is 0.294. The van der Waals surface area contributed by atoms with Crippen LogP contribution >= 0.6 is 0 Å². The van der Waals surface area contributed by atoms with Crippen LogP contribution < -0.4 is 4.31 Å². The van der Waals surface area contributed by atoms with Crippen molar-refractivity contribution in [3.8, 4) is 0 Å². The second-order valence-corrected chi connectivity index (χ2v) is 7.83. The molecule has 2 rings (SSSR count). The first-order valence-electron chi connectivity index (χ1n) is 7.56. The number of nitro groups is 1. The molecule has 0 bridgehead atoms. The predicted molar refractivity (Wildman–Crippen MR) is 93.6 cm³/mol. The van der Waals surface area contributed by atoms with Crippen LogP contribution in [-0.2, 0) is 10.0 Å². The molecule has 2 aromatic rings. The number of rotatable bonds is 6. The summed E-state index contributed by atoms with van der Waals surface area (Å²) in [6.07, 6.45) is 0. The molecule has 0 unspecified atom stereocenters. The molecular formula is C17H20N2O4S. The van der Waals surface area contributed by atoms with Crippen molar-refractivity contribution in [1.82, 2.24) is 0 Å². The van der Waals surface area contributed by atoms with Gasteiger partial charge in [-0.3, -0.25) is 14.4 Å². The fourth-order valence-corrected chi connectivity index (χ4v) is 4.06. The maximum absolute atomic E-state index is 13.1. The van der Waals surface area contributed by atoms with Gasteiger partial charge in [-0.05, 0) is 36.6 Å². The molecule has 0 fully saturated rings. The molecular weight excluding hydrogens is 328 g/mol. The molecule has 0 amide bonds. The standard InChI is InChI=1S/C17H20N2O4S/c1-13(2)12-18(17-7-5-4-6-14(17)3)24(22,23)16-10-8-15(9-11-16)19(20)21/h4-11,13H,12H2,1-3H3. The molecule has 0 spiro atoms. The summed E-state index contributed by atoms with van der Waals surface area (Å²) >= 11 is 0. The first-order chi connectivity index (χ1) is 11.2. The van der Waals surface area contributed by atoms with E-state index in [-0.39, 0.29) is 16.5 Å². The molecule has 2 aromatic carbocycles. The molecule has 0 saturated heterocycles. The van der Waals surface area contributed by atoms with Crippen LogP contribution in [0.15, 0.2) is 53.4 Å². The van der Waals surface area contributed by atoms with Crippen molar-refractivity contribution in [1.29, 1.82) is 0 Å². The van der Waals surface area contributed by atoms with Crippen molar-refractivity contribution in [3.63, 3.8) is 0 Å². The number of hydrogen-bond acceptors (Lipinski definition) is 4. The molecule has 0 aliphatic carbocycles. The Kier molecular flexibility index (Phi) is 5.23. The smallest absolute Gasteiger partial charge is 0.266 e. The van der Waals surface area contributed by atoms with E-state index >= 15 is 0 Å². The van der Waals surface area contributed by atoms with Crippen LogP contribution in [0.25, 0.3) is 0 Å². The Morgan fingerprint density at radius 2 is 1.67 bits per heavy atom. The van der Waals surface area contributed by atoms with E-state index in [0.717, 1.165) is 5.56 Å². The highest BCUT2D eigenvalue weighted by atomic mass is 32.2. The van der Waals surface area contributed by atoms with E-state index in [1.165, 1.54) is 28.6 Å². The van der Waals surface area contributed by atoms with E-state index in [9.17, 15) is 18.5 Å². The summed E-state index contributed by atoms with van der Waals surface area (Å²) in [5.41, 5.74) is 1.33. The fourth-order valence-electron chi connectivity index (χ4n) is 2.37. The van der Waals surface area contributed by atoms with Gasteiger partial charge in [-0.2, -0.15) is 0 Å². The second-order valence-electron chi connectivity index (χ2n) is 5.97. The third kappa shape index (κ3) is 3.73. The van der Waals surface area contributed by atoms with Gasteiger partial charge < -0.3 is 0 Å². The monoisotopic (exact) mass is 348 g/mol. The molecule has 6 nitrogen and oxygen atoms in total. The maximum Gasteiger partial charge on any atom is 0.269 e. The maximum atomic E-state index is 13.1. The lowest BCUT2D eigenvalue weighted by molar-refractivity contribution is -0.384. The highest BCUT2D eigenvalue weighted by molar-refractivity contribution is 7.92. The molecule has 0 heterocycles. The number of sulfonamides is 1. The van der Waals surface area contributed by atoms with Crippen LogP contribution in [0.4, 0.5) is 11.4 Å². The van der Waals surface area contributed by atoms with Gasteiger partial charge in [0, 0.05) is 18.7 Å². The third-order valence-corrected chi connectivity index (χ3v) is 5.34. The van der Waals surface area contributed by atoms with E-state index in [0.29, 0.717) is 12.2 Å². The normalized spacial score (nSPS) is 11.5. The minimum absolute atomic E-state index is 0.0389. The highest BCUT2D eigenvalue weighted by Gasteiger charge is 2.27. The van der Waals surface area contributed by atoms with E-state index in [2.05, 4.69) is 0 Å². The zero-order valence-electron chi connectivity index (χ0n) is 13.8. The summed E-state index contributed by atoms with van der Waals surface area (Å²) in [7, 11) is -3.80. The van der Waals surface area contributed by atoms with Crippen molar-refractivity contribution in [2.45, 2.75) is 25.7 Å². The zero-order valence-corrected chi connectivity index (χ0v) is 14.7. The van der Waals surface area contributed by atoms with Gasteiger partial charge in [0.15, 0.2) is 0 Å². The average molecular weight is 348 g/mol. The predicted octanol–water partition coefficient (Wildman–Crippen LogP) is 3.75. The van der Waals surface area contributed by atoms with Gasteiger partial charge in [0.25, 0.3) is 15.7 Å². The number of benzene rings is 2. The number of hydrogen-bond donors (Lipinski definition) is 0. The highest BCUT2D eigenvalue weighted by Crippen LogP contribution is 2.28. The van der Waals surface area contributed by atoms with Gasteiger partial charge >= 0.3 is 0 Å². The number of anilines is 1. The van der Waals surface area contributed by atoms with Crippen LogP contribution in [0.3, 0.4) is 0 Å². The third-order valence-electron chi connectivity index (χ3n) is 3.55. The first-order valence-corrected chi connectivity index (χ1v) is 9.00. The lowest BCUT2D eigenvalue weighted by Gasteiger charge is -2.27. The Balaban J connectivity index is 2.51. The number of nitro benzene ring substituents is 1. The Labute approximate surface area is 141 Å². The van der Waals surface area contributed by atoms with Crippen LogP contribution in [-0.4, -0.2) is 19.9 Å². The number of nitrogens with zero attached hydrogens (tertiary/aromatic N) is 2. The second kappa shape index (κ2) is 7.00. The number of para-hydroxylation sites is 1. The van der Waals surface area contributed by atoms with Gasteiger partial charge in [0.1, 0.15) is 0 Å². The van der Waals surface area contributed by atoms with Crippen molar-refractivity contribution >= 4 is 21.4 Å². The van der Waals surface area contributed by atoms with E-state index in [1.54, 1.807) is 12.1 Å². The summed E-state index contributed by atoms with van der Waals surface area (Å²) in [6.45, 7) is 6.06. The van der Waals surface area contributed by atoms with Crippen LogP contribution in [0.5, 0.6) is 0 Å². The average Bonchev–Trinajstić information content (AvgIpc) is 2.53. The van der Waals surface area contributed by atoms with Crippen molar-refractivity contribution in [3.05, 3.63) is 64.2 Å². The molecule has 0 aliphatic rings. The van der Waals surface area contributed by atoms with Gasteiger partial charge in [-0.15, -0.1) is 0 Å². The Hall–Kier alpha value is -2.41. The molecule has 7 heteroatoms. The topological polar surface area (TPSA) is 80.5 Å². The summed E-state index contributed by atoms with van der Waals surface area (Å²) in [4.78, 5) is 10.2. The van der Waals surface area contributed by atoms with Crippen molar-refractivity contribution in [2.24, 2.45) is 5.92 Å². The molecule has 0 atom stereocenters. The summed E-state index contributed by atoms with van der Waals surface area (Å²) in [6, 6.07) is 12.2. The zero-order chi connectivity index (χ0) is 17.9. The quantitative estimate of drug-likeness (QED) is 0.588. The Morgan fingerprint density at radius 3 is 2.17 bits per heavy atom. The largest absolute Gasteiger partial charge is 0.269 e. The van der Waals surface area contributed by atoms with Gasteiger partial charge in [0.05, 0.1) is 15.5 Å². The minimum Gasteiger partial charge on any atom is -0.266 e. The van der Waals surface area contributed by atoms with Crippen molar-refractivity contribution in [2.75, 3.05) is 10.8 Å². The number of aryl methyl sites for hydroxylation is 1. The minimum atomic E-state index is -3.80. The summed E-state index contributed by atoms with van der Waals surface area (Å²) < 4.78 is 27.5. The molecule has 0 N–H and O–H groups in total. The lowest BCUT2D eigenvalue weighted by atomic mass is 10.1. The van der Waals surface area contributed by atoms with Gasteiger partial charge in [0.2, 0.25) is 0 Å². The SMILES string of the molecule is Cc1ccccc1N(CC(C)C)S(=O)(=O)c1ccc([N+](=O)[O-])cc1. The molecule has 0 aromatic heterocycles. The van der Waals surface area contributed by atoms with Crippen LogP contribution in [0, 0.1) is 23.0 Å². The van der Waals surface area contributed by atoms with Crippen molar-refractivity contribution < 1.29 is 13.3 Å². The van der Waals surface area contributed by atoms with Crippen LogP contribution in [0.1, 0.15) is 19.4 Å². The number of non-ortho nitro benzene ring substituents is 1.